The summed E-state index contributed by atoms with van der Waals surface area (Å²) in [5, 5.41) is 12.1. The minimum atomic E-state index is -3.06. The van der Waals surface area contributed by atoms with Crippen molar-refractivity contribution in [1.29, 1.82) is 5.26 Å². The van der Waals surface area contributed by atoms with Gasteiger partial charge in [-0.15, -0.1) is 0 Å². The van der Waals surface area contributed by atoms with Gasteiger partial charge in [-0.2, -0.15) is 9.57 Å². The Labute approximate surface area is 110 Å². The quantitative estimate of drug-likeness (QED) is 0.728. The van der Waals surface area contributed by atoms with E-state index < -0.39 is 15.6 Å². The molecule has 0 radical (unpaired) electrons. The van der Waals surface area contributed by atoms with E-state index in [1.54, 1.807) is 7.05 Å². The lowest BCUT2D eigenvalue weighted by atomic mass is 10.00. The highest BCUT2D eigenvalue weighted by Crippen LogP contribution is 2.11. The fourth-order valence-electron chi connectivity index (χ4n) is 1.90. The summed E-state index contributed by atoms with van der Waals surface area (Å²) in [4.78, 5) is 2.20. The Hall–Kier alpha value is -0.680. The summed E-state index contributed by atoms with van der Waals surface area (Å²) >= 11 is 0. The van der Waals surface area contributed by atoms with E-state index in [4.69, 9.17) is 5.26 Å². The number of hydrogen-bond donors (Lipinski definition) is 1. The van der Waals surface area contributed by atoms with Crippen LogP contribution in [-0.2, 0) is 10.0 Å². The van der Waals surface area contributed by atoms with Crippen LogP contribution in [0.4, 0.5) is 0 Å². The van der Waals surface area contributed by atoms with E-state index in [9.17, 15) is 8.42 Å². The van der Waals surface area contributed by atoms with E-state index >= 15 is 0 Å². The van der Waals surface area contributed by atoms with Crippen LogP contribution in [0.5, 0.6) is 0 Å². The maximum Gasteiger partial charge on any atom is 0.211 e. The van der Waals surface area contributed by atoms with Crippen molar-refractivity contribution < 1.29 is 8.42 Å². The first kappa shape index (κ1) is 15.4. The number of hydrogen-bond acceptors (Lipinski definition) is 5. The Morgan fingerprint density at radius 1 is 1.33 bits per heavy atom. The molecule has 6 nitrogen and oxygen atoms in total. The van der Waals surface area contributed by atoms with Gasteiger partial charge in [0.25, 0.3) is 0 Å². The summed E-state index contributed by atoms with van der Waals surface area (Å²) in [7, 11) is -1.28. The molecule has 1 N–H and O–H groups in total. The smallest absolute Gasteiger partial charge is 0.211 e. The largest absolute Gasteiger partial charge is 0.303 e. The highest BCUT2D eigenvalue weighted by molar-refractivity contribution is 7.88. The van der Waals surface area contributed by atoms with E-state index in [-0.39, 0.29) is 0 Å². The lowest BCUT2D eigenvalue weighted by Gasteiger charge is -2.34. The lowest BCUT2D eigenvalue weighted by Crippen LogP contribution is -2.50. The zero-order valence-corrected chi connectivity index (χ0v) is 12.1. The van der Waals surface area contributed by atoms with Gasteiger partial charge in [-0.25, -0.2) is 8.42 Å². The Morgan fingerprint density at radius 2 is 1.89 bits per heavy atom. The van der Waals surface area contributed by atoms with Gasteiger partial charge in [-0.1, -0.05) is 0 Å². The molecule has 0 aliphatic carbocycles. The Morgan fingerprint density at radius 3 is 2.28 bits per heavy atom. The number of nitrogens with one attached hydrogen (secondary N) is 1. The average Bonchev–Trinajstić information content (AvgIpc) is 2.35. The zero-order chi connectivity index (χ0) is 13.8. The van der Waals surface area contributed by atoms with Crippen molar-refractivity contribution in [2.75, 3.05) is 46.0 Å². The second-order valence-electron chi connectivity index (χ2n) is 4.95. The van der Waals surface area contributed by atoms with Gasteiger partial charge < -0.3 is 10.2 Å². The molecule has 18 heavy (non-hydrogen) atoms. The zero-order valence-electron chi connectivity index (χ0n) is 11.3. The molecule has 0 amide bonds. The lowest BCUT2D eigenvalue weighted by molar-refractivity contribution is 0.177. The molecule has 1 aliphatic rings. The minimum absolute atomic E-state index is 0.506. The van der Waals surface area contributed by atoms with Gasteiger partial charge in [0.1, 0.15) is 5.54 Å². The molecule has 1 aliphatic heterocycles. The molecule has 0 spiro atoms. The molecule has 0 aromatic rings. The van der Waals surface area contributed by atoms with Crippen LogP contribution in [0.2, 0.25) is 0 Å². The van der Waals surface area contributed by atoms with Crippen LogP contribution in [0.25, 0.3) is 0 Å². The van der Waals surface area contributed by atoms with Crippen molar-refractivity contribution in [3.8, 4) is 6.07 Å². The maximum atomic E-state index is 11.4. The van der Waals surface area contributed by atoms with Gasteiger partial charge >= 0.3 is 0 Å². The second-order valence-corrected chi connectivity index (χ2v) is 6.93. The molecule has 1 heterocycles. The minimum Gasteiger partial charge on any atom is -0.303 e. The van der Waals surface area contributed by atoms with Crippen molar-refractivity contribution in [2.24, 2.45) is 0 Å². The molecule has 104 valence electrons. The van der Waals surface area contributed by atoms with Crippen molar-refractivity contribution in [3.63, 3.8) is 0 Å². The van der Waals surface area contributed by atoms with Crippen LogP contribution in [0.1, 0.15) is 13.3 Å². The first-order chi connectivity index (χ1) is 8.30. The summed E-state index contributed by atoms with van der Waals surface area (Å²) in [6.45, 7) is 5.24. The summed E-state index contributed by atoms with van der Waals surface area (Å²) in [6, 6.07) is 2.26. The fraction of sp³-hybridized carbons (Fsp3) is 0.909. The Kier molecular flexibility index (Phi) is 5.10. The van der Waals surface area contributed by atoms with E-state index in [0.29, 0.717) is 13.1 Å². The number of rotatable bonds is 5. The first-order valence-corrected chi connectivity index (χ1v) is 7.93. The Bertz CT molecular complexity index is 409. The standard InChI is InChI=1S/C11H22N4O2S/c1-11(10-12,13-2)4-5-14-6-8-15(9-7-14)18(3,16)17/h13H,4-9H2,1-3H3. The van der Waals surface area contributed by atoms with Crippen molar-refractivity contribution in [2.45, 2.75) is 18.9 Å². The molecular formula is C11H22N4O2S. The van der Waals surface area contributed by atoms with Crippen molar-refractivity contribution >= 4 is 10.0 Å². The van der Waals surface area contributed by atoms with E-state index in [1.807, 2.05) is 6.92 Å². The molecule has 7 heteroatoms. The second kappa shape index (κ2) is 5.97. The summed E-state index contributed by atoms with van der Waals surface area (Å²) in [6.07, 6.45) is 1.98. The van der Waals surface area contributed by atoms with Gasteiger partial charge in [0.2, 0.25) is 10.0 Å². The van der Waals surface area contributed by atoms with Gasteiger partial charge in [0.15, 0.2) is 0 Å². The normalized spacial score (nSPS) is 22.3. The number of piperazine rings is 1. The molecular weight excluding hydrogens is 252 g/mol. The first-order valence-electron chi connectivity index (χ1n) is 6.08. The molecule has 0 aromatic heterocycles. The number of nitrogens with zero attached hydrogens (tertiary/aromatic N) is 3. The van der Waals surface area contributed by atoms with Crippen molar-refractivity contribution in [1.82, 2.24) is 14.5 Å². The molecule has 1 saturated heterocycles. The molecule has 0 bridgehead atoms. The summed E-state index contributed by atoms with van der Waals surface area (Å²) < 4.78 is 24.2. The Balaban J connectivity index is 2.39. The van der Waals surface area contributed by atoms with Gasteiger partial charge in [0.05, 0.1) is 12.3 Å². The average molecular weight is 274 g/mol. The molecule has 1 unspecified atom stereocenters. The summed E-state index contributed by atoms with van der Waals surface area (Å²) in [5.41, 5.74) is -0.506. The molecule has 1 fully saturated rings. The predicted octanol–water partition coefficient (Wildman–Crippen LogP) is -0.545. The van der Waals surface area contributed by atoms with Gasteiger partial charge in [0, 0.05) is 32.7 Å². The van der Waals surface area contributed by atoms with Gasteiger partial charge in [-0.05, 0) is 20.4 Å². The van der Waals surface area contributed by atoms with Gasteiger partial charge in [-0.3, -0.25) is 0 Å². The third-order valence-electron chi connectivity index (χ3n) is 3.53. The van der Waals surface area contributed by atoms with Crippen LogP contribution in [0, 0.1) is 11.3 Å². The number of nitriles is 1. The number of sulfonamides is 1. The van der Waals surface area contributed by atoms with Crippen LogP contribution in [0.15, 0.2) is 0 Å². The monoisotopic (exact) mass is 274 g/mol. The van der Waals surface area contributed by atoms with Crippen LogP contribution < -0.4 is 5.32 Å². The SMILES string of the molecule is CNC(C)(C#N)CCN1CCN(S(C)(=O)=O)CC1. The molecule has 1 rings (SSSR count). The molecule has 0 saturated carbocycles. The summed E-state index contributed by atoms with van der Waals surface area (Å²) in [5.74, 6) is 0. The van der Waals surface area contributed by atoms with E-state index in [2.05, 4.69) is 16.3 Å². The van der Waals surface area contributed by atoms with Crippen molar-refractivity contribution in [3.05, 3.63) is 0 Å². The van der Waals surface area contributed by atoms with E-state index in [1.165, 1.54) is 10.6 Å². The van der Waals surface area contributed by atoms with E-state index in [0.717, 1.165) is 26.1 Å². The third-order valence-corrected chi connectivity index (χ3v) is 4.83. The maximum absolute atomic E-state index is 11.4. The van der Waals surface area contributed by atoms with Crippen LogP contribution in [0.3, 0.4) is 0 Å². The van der Waals surface area contributed by atoms with Crippen LogP contribution >= 0.6 is 0 Å². The highest BCUT2D eigenvalue weighted by atomic mass is 32.2. The van der Waals surface area contributed by atoms with Crippen LogP contribution in [-0.4, -0.2) is 69.2 Å². The fourth-order valence-corrected chi connectivity index (χ4v) is 2.73. The molecule has 0 aromatic carbocycles. The third kappa shape index (κ3) is 4.21. The topological polar surface area (TPSA) is 76.4 Å². The predicted molar refractivity (Wildman–Crippen MR) is 70.6 cm³/mol. The highest BCUT2D eigenvalue weighted by Gasteiger charge is 2.26. The molecule has 1 atom stereocenters.